The molecule has 110 valence electrons. The predicted molar refractivity (Wildman–Crippen MR) is 75.4 cm³/mol. The summed E-state index contributed by atoms with van der Waals surface area (Å²) in [5.41, 5.74) is 4.78. The van der Waals surface area contributed by atoms with Crippen molar-refractivity contribution in [1.29, 1.82) is 0 Å². The van der Waals surface area contributed by atoms with Crippen LogP contribution in [0, 0.1) is 15.5 Å². The summed E-state index contributed by atoms with van der Waals surface area (Å²) < 4.78 is 5.39. The molecule has 0 aliphatic carbocycles. The van der Waals surface area contributed by atoms with Gasteiger partial charge in [-0.1, -0.05) is 30.6 Å². The molecular weight excluding hydrogens is 286 g/mol. The highest BCUT2D eigenvalue weighted by molar-refractivity contribution is 6.30. The minimum Gasteiger partial charge on any atom is -0.487 e. The number of oxime groups is 1. The molecule has 0 fully saturated rings. The fourth-order valence-corrected chi connectivity index (χ4v) is 1.60. The Bertz CT molecular complexity index is 531. The molecule has 0 aliphatic heterocycles. The predicted octanol–water partition coefficient (Wildman–Crippen LogP) is 2.79. The Hall–Kier alpha value is -2.02. The quantitative estimate of drug-likeness (QED) is 0.276. The fraction of sp³-hybridized carbons (Fsp3) is 0.417. The number of amidine groups is 1. The lowest BCUT2D eigenvalue weighted by molar-refractivity contribution is -0.385. The van der Waals surface area contributed by atoms with Crippen LogP contribution in [0.2, 0.25) is 5.02 Å². The molecule has 7 nitrogen and oxygen atoms in total. The van der Waals surface area contributed by atoms with Crippen LogP contribution in [-0.2, 0) is 0 Å². The molecular formula is C12H16ClN3O4. The highest BCUT2D eigenvalue weighted by Gasteiger charge is 2.24. The molecule has 20 heavy (non-hydrogen) atoms. The monoisotopic (exact) mass is 301 g/mol. The van der Waals surface area contributed by atoms with Crippen LogP contribution in [0.15, 0.2) is 23.4 Å². The molecule has 1 aromatic rings. The second-order valence-corrected chi connectivity index (χ2v) is 5.27. The summed E-state index contributed by atoms with van der Waals surface area (Å²) in [5.74, 6) is 0.210. The average Bonchev–Trinajstić information content (AvgIpc) is 2.39. The molecule has 0 aliphatic rings. The normalized spacial score (nSPS) is 12.2. The maximum atomic E-state index is 10.9. The molecule has 0 atom stereocenters. The van der Waals surface area contributed by atoms with Crippen LogP contribution in [0.5, 0.6) is 5.75 Å². The lowest BCUT2D eigenvalue weighted by Gasteiger charge is -2.22. The molecule has 1 aromatic carbocycles. The third-order valence-electron chi connectivity index (χ3n) is 2.90. The molecule has 0 saturated heterocycles. The minimum absolute atomic E-state index is 0.0757. The van der Waals surface area contributed by atoms with E-state index in [0.29, 0.717) is 6.42 Å². The Morgan fingerprint density at radius 3 is 2.80 bits per heavy atom. The standard InChI is InChI=1S/C12H16ClN3O4/c1-12(2,11(14)15-17)5-6-20-10-4-3-8(13)7-9(10)16(18)19/h3-4,7,17H,5-6H2,1-2H3,(H2,14,15). The zero-order valence-corrected chi connectivity index (χ0v) is 11.9. The van der Waals surface area contributed by atoms with Crippen molar-refractivity contribution in [2.24, 2.45) is 16.3 Å². The van der Waals surface area contributed by atoms with Crippen LogP contribution in [0.25, 0.3) is 0 Å². The number of nitro benzene ring substituents is 1. The van der Waals surface area contributed by atoms with Crippen molar-refractivity contribution >= 4 is 23.1 Å². The van der Waals surface area contributed by atoms with Gasteiger partial charge in [-0.25, -0.2) is 0 Å². The number of nitrogens with two attached hydrogens (primary N) is 1. The van der Waals surface area contributed by atoms with Crippen LogP contribution in [-0.4, -0.2) is 22.6 Å². The second-order valence-electron chi connectivity index (χ2n) is 4.84. The average molecular weight is 302 g/mol. The first-order valence-corrected chi connectivity index (χ1v) is 6.20. The van der Waals surface area contributed by atoms with E-state index < -0.39 is 10.3 Å². The number of nitro groups is 1. The van der Waals surface area contributed by atoms with E-state index in [1.54, 1.807) is 13.8 Å². The second kappa shape index (κ2) is 6.42. The largest absolute Gasteiger partial charge is 0.487 e. The molecule has 0 radical (unpaired) electrons. The zero-order chi connectivity index (χ0) is 15.3. The summed E-state index contributed by atoms with van der Waals surface area (Å²) >= 11 is 5.71. The topological polar surface area (TPSA) is 111 Å². The van der Waals surface area contributed by atoms with Gasteiger partial charge in [0.05, 0.1) is 11.5 Å². The SMILES string of the molecule is CC(C)(CCOc1ccc(Cl)cc1[N+](=O)[O-])C(N)=NO. The van der Waals surface area contributed by atoms with E-state index in [9.17, 15) is 10.1 Å². The number of hydrogen-bond acceptors (Lipinski definition) is 5. The van der Waals surface area contributed by atoms with E-state index in [0.717, 1.165) is 0 Å². The maximum absolute atomic E-state index is 10.9. The van der Waals surface area contributed by atoms with Gasteiger partial charge in [-0.05, 0) is 18.6 Å². The van der Waals surface area contributed by atoms with Crippen LogP contribution < -0.4 is 10.5 Å². The lowest BCUT2D eigenvalue weighted by Crippen LogP contribution is -2.33. The first kappa shape index (κ1) is 16.0. The summed E-state index contributed by atoms with van der Waals surface area (Å²) in [5, 5.41) is 22.8. The fourth-order valence-electron chi connectivity index (χ4n) is 1.43. The highest BCUT2D eigenvalue weighted by Crippen LogP contribution is 2.30. The van der Waals surface area contributed by atoms with Gasteiger partial charge >= 0.3 is 5.69 Å². The van der Waals surface area contributed by atoms with Crippen LogP contribution >= 0.6 is 11.6 Å². The number of rotatable bonds is 6. The van der Waals surface area contributed by atoms with Crippen molar-refractivity contribution in [2.45, 2.75) is 20.3 Å². The van der Waals surface area contributed by atoms with Gasteiger partial charge in [0.25, 0.3) is 0 Å². The molecule has 0 unspecified atom stereocenters. The lowest BCUT2D eigenvalue weighted by atomic mass is 9.88. The Morgan fingerprint density at radius 2 is 2.25 bits per heavy atom. The molecule has 0 spiro atoms. The van der Waals surface area contributed by atoms with Crippen molar-refractivity contribution in [3.8, 4) is 5.75 Å². The van der Waals surface area contributed by atoms with Crippen molar-refractivity contribution < 1.29 is 14.9 Å². The minimum atomic E-state index is -0.573. The molecule has 0 amide bonds. The zero-order valence-electron chi connectivity index (χ0n) is 11.2. The summed E-state index contributed by atoms with van der Waals surface area (Å²) in [6.45, 7) is 3.75. The first-order chi connectivity index (χ1) is 9.27. The number of benzene rings is 1. The summed E-state index contributed by atoms with van der Waals surface area (Å²) in [4.78, 5) is 10.3. The molecule has 0 saturated carbocycles. The van der Waals surface area contributed by atoms with Crippen molar-refractivity contribution in [1.82, 2.24) is 0 Å². The third-order valence-corrected chi connectivity index (χ3v) is 3.14. The first-order valence-electron chi connectivity index (χ1n) is 5.82. The molecule has 1 rings (SSSR count). The third kappa shape index (κ3) is 3.99. The van der Waals surface area contributed by atoms with Crippen LogP contribution in [0.4, 0.5) is 5.69 Å². The van der Waals surface area contributed by atoms with Crippen LogP contribution in [0.1, 0.15) is 20.3 Å². The Labute approximate surface area is 121 Å². The van der Waals surface area contributed by atoms with Crippen molar-refractivity contribution in [3.63, 3.8) is 0 Å². The number of halogens is 1. The number of nitrogens with zero attached hydrogens (tertiary/aromatic N) is 2. The maximum Gasteiger partial charge on any atom is 0.312 e. The number of ether oxygens (including phenoxy) is 1. The van der Waals surface area contributed by atoms with E-state index in [1.807, 2.05) is 0 Å². The Kier molecular flexibility index (Phi) is 5.15. The molecule has 0 heterocycles. The van der Waals surface area contributed by atoms with Gasteiger partial charge < -0.3 is 15.7 Å². The van der Waals surface area contributed by atoms with E-state index in [-0.39, 0.29) is 28.9 Å². The van der Waals surface area contributed by atoms with Gasteiger partial charge in [0.2, 0.25) is 0 Å². The van der Waals surface area contributed by atoms with E-state index in [2.05, 4.69) is 5.16 Å². The Balaban J connectivity index is 2.74. The van der Waals surface area contributed by atoms with Crippen LogP contribution in [0.3, 0.4) is 0 Å². The van der Waals surface area contributed by atoms with Crippen molar-refractivity contribution in [2.75, 3.05) is 6.61 Å². The summed E-state index contributed by atoms with van der Waals surface area (Å²) in [6, 6.07) is 4.18. The molecule has 0 aromatic heterocycles. The van der Waals surface area contributed by atoms with Gasteiger partial charge in [-0.15, -0.1) is 0 Å². The highest BCUT2D eigenvalue weighted by atomic mass is 35.5. The van der Waals surface area contributed by atoms with Crippen molar-refractivity contribution in [3.05, 3.63) is 33.3 Å². The number of hydrogen-bond donors (Lipinski definition) is 2. The van der Waals surface area contributed by atoms with Gasteiger partial charge in [-0.3, -0.25) is 10.1 Å². The van der Waals surface area contributed by atoms with Gasteiger partial charge in [0, 0.05) is 16.5 Å². The molecule has 8 heteroatoms. The smallest absolute Gasteiger partial charge is 0.312 e. The van der Waals surface area contributed by atoms with Gasteiger partial charge in [0.15, 0.2) is 5.75 Å². The van der Waals surface area contributed by atoms with Gasteiger partial charge in [0.1, 0.15) is 5.84 Å². The molecule has 3 N–H and O–H groups in total. The Morgan fingerprint density at radius 1 is 1.60 bits per heavy atom. The van der Waals surface area contributed by atoms with E-state index in [4.69, 9.17) is 27.3 Å². The summed E-state index contributed by atoms with van der Waals surface area (Å²) in [6.07, 6.45) is 0.433. The molecule has 0 bridgehead atoms. The van der Waals surface area contributed by atoms with E-state index in [1.165, 1.54) is 18.2 Å². The van der Waals surface area contributed by atoms with E-state index >= 15 is 0 Å². The van der Waals surface area contributed by atoms with Gasteiger partial charge in [-0.2, -0.15) is 0 Å². The summed E-state index contributed by atoms with van der Waals surface area (Å²) in [7, 11) is 0.